The maximum absolute atomic E-state index is 12.5. The van der Waals surface area contributed by atoms with Gasteiger partial charge in [-0.25, -0.2) is 0 Å². The third-order valence-electron chi connectivity index (χ3n) is 5.06. The Morgan fingerprint density at radius 3 is 2.57 bits per heavy atom. The Labute approximate surface area is 125 Å². The first kappa shape index (κ1) is 12.8. The van der Waals surface area contributed by atoms with E-state index in [2.05, 4.69) is 42.5 Å². The number of rotatable bonds is 2. The van der Waals surface area contributed by atoms with Gasteiger partial charge >= 0.3 is 0 Å². The number of likely N-dealkylation sites (tertiary alicyclic amines) is 1. The minimum Gasteiger partial charge on any atom is -0.331 e. The largest absolute Gasteiger partial charge is 0.331 e. The monoisotopic (exact) mass is 278 g/mol. The Hall–Kier alpha value is -1.93. The van der Waals surface area contributed by atoms with E-state index >= 15 is 0 Å². The first-order chi connectivity index (χ1) is 10.3. The standard InChI is InChI=1S/C19H19NO/c21-19-16-9-5-4-8-15(16)18-13-20(11-10-17(18)19)12-14-6-2-1-3-7-14/h1-9,17-18H,10-13H2/p+1. The second-order valence-corrected chi connectivity index (χ2v) is 6.32. The number of benzene rings is 2. The molecule has 1 aliphatic heterocycles. The molecule has 2 nitrogen and oxygen atoms in total. The lowest BCUT2D eigenvalue weighted by Gasteiger charge is -2.31. The van der Waals surface area contributed by atoms with Gasteiger partial charge in [-0.1, -0.05) is 54.6 Å². The van der Waals surface area contributed by atoms with Crippen LogP contribution in [0.4, 0.5) is 0 Å². The molecule has 1 saturated heterocycles. The van der Waals surface area contributed by atoms with Crippen LogP contribution < -0.4 is 4.90 Å². The highest BCUT2D eigenvalue weighted by atomic mass is 16.1. The molecule has 2 heteroatoms. The van der Waals surface area contributed by atoms with E-state index in [4.69, 9.17) is 0 Å². The number of ketones is 1. The summed E-state index contributed by atoms with van der Waals surface area (Å²) in [5.74, 6) is 1.05. The van der Waals surface area contributed by atoms with Crippen molar-refractivity contribution < 1.29 is 9.69 Å². The van der Waals surface area contributed by atoms with Crippen molar-refractivity contribution in [3.05, 3.63) is 71.3 Å². The van der Waals surface area contributed by atoms with Gasteiger partial charge in [-0.15, -0.1) is 0 Å². The number of fused-ring (bicyclic) bond motifs is 3. The number of carbonyl (C=O) groups excluding carboxylic acids is 1. The van der Waals surface area contributed by atoms with Crippen molar-refractivity contribution in [1.82, 2.24) is 0 Å². The lowest BCUT2D eigenvalue weighted by Crippen LogP contribution is -3.12. The number of quaternary nitrogens is 1. The zero-order chi connectivity index (χ0) is 14.2. The summed E-state index contributed by atoms with van der Waals surface area (Å²) in [4.78, 5) is 14.1. The zero-order valence-corrected chi connectivity index (χ0v) is 12.1. The van der Waals surface area contributed by atoms with Crippen LogP contribution in [-0.4, -0.2) is 18.9 Å². The molecule has 2 aromatic carbocycles. The van der Waals surface area contributed by atoms with Gasteiger partial charge in [-0.3, -0.25) is 4.79 Å². The molecule has 3 atom stereocenters. The SMILES string of the molecule is O=C1c2ccccc2C2C[NH+](Cc3ccccc3)CCC12. The number of hydrogen-bond donors (Lipinski definition) is 1. The van der Waals surface area contributed by atoms with E-state index in [0.717, 1.165) is 31.6 Å². The highest BCUT2D eigenvalue weighted by Crippen LogP contribution is 2.39. The number of carbonyl (C=O) groups is 1. The second kappa shape index (κ2) is 5.12. The van der Waals surface area contributed by atoms with Gasteiger partial charge < -0.3 is 4.90 Å². The molecule has 3 unspecified atom stereocenters. The van der Waals surface area contributed by atoms with Crippen LogP contribution in [-0.2, 0) is 6.54 Å². The van der Waals surface area contributed by atoms with Gasteiger partial charge in [-0.2, -0.15) is 0 Å². The van der Waals surface area contributed by atoms with Crippen LogP contribution in [0, 0.1) is 5.92 Å². The van der Waals surface area contributed by atoms with E-state index in [-0.39, 0.29) is 5.92 Å². The second-order valence-electron chi connectivity index (χ2n) is 6.32. The van der Waals surface area contributed by atoms with Gasteiger partial charge in [0.15, 0.2) is 5.78 Å². The van der Waals surface area contributed by atoms with Crippen LogP contribution in [0.1, 0.15) is 33.8 Å². The maximum Gasteiger partial charge on any atom is 0.167 e. The summed E-state index contributed by atoms with van der Waals surface area (Å²) in [5, 5.41) is 0. The molecule has 0 spiro atoms. The molecule has 1 fully saturated rings. The van der Waals surface area contributed by atoms with Crippen molar-refractivity contribution in [2.75, 3.05) is 13.1 Å². The van der Waals surface area contributed by atoms with Gasteiger partial charge in [0.2, 0.25) is 0 Å². The highest BCUT2D eigenvalue weighted by molar-refractivity contribution is 6.03. The number of hydrogen-bond acceptors (Lipinski definition) is 1. The molecular weight excluding hydrogens is 258 g/mol. The third-order valence-corrected chi connectivity index (χ3v) is 5.06. The van der Waals surface area contributed by atoms with Crippen molar-refractivity contribution in [2.45, 2.75) is 18.9 Å². The molecule has 0 amide bonds. The fraction of sp³-hybridized carbons (Fsp3) is 0.316. The van der Waals surface area contributed by atoms with E-state index in [1.165, 1.54) is 11.1 Å². The third kappa shape index (κ3) is 2.20. The lowest BCUT2D eigenvalue weighted by molar-refractivity contribution is -0.920. The first-order valence-electron chi connectivity index (χ1n) is 7.83. The van der Waals surface area contributed by atoms with E-state index in [0.29, 0.717) is 11.7 Å². The van der Waals surface area contributed by atoms with Gasteiger partial charge in [0.1, 0.15) is 6.54 Å². The lowest BCUT2D eigenvalue weighted by atomic mass is 9.85. The molecule has 1 heterocycles. The molecule has 0 aromatic heterocycles. The summed E-state index contributed by atoms with van der Waals surface area (Å²) in [5.41, 5.74) is 3.66. The van der Waals surface area contributed by atoms with Crippen LogP contribution in [0.25, 0.3) is 0 Å². The molecule has 1 aliphatic carbocycles. The predicted molar refractivity (Wildman–Crippen MR) is 82.5 cm³/mol. The molecule has 0 bridgehead atoms. The zero-order valence-electron chi connectivity index (χ0n) is 12.1. The molecule has 2 aromatic rings. The molecule has 1 N–H and O–H groups in total. The Balaban J connectivity index is 1.56. The van der Waals surface area contributed by atoms with Crippen molar-refractivity contribution in [3.63, 3.8) is 0 Å². The van der Waals surface area contributed by atoms with Crippen molar-refractivity contribution in [2.24, 2.45) is 5.92 Å². The Morgan fingerprint density at radius 1 is 0.952 bits per heavy atom. The van der Waals surface area contributed by atoms with Gasteiger partial charge in [0.25, 0.3) is 0 Å². The van der Waals surface area contributed by atoms with E-state index in [1.54, 1.807) is 4.90 Å². The highest BCUT2D eigenvalue weighted by Gasteiger charge is 2.44. The normalized spacial score (nSPS) is 27.2. The average molecular weight is 278 g/mol. The van der Waals surface area contributed by atoms with E-state index < -0.39 is 0 Å². The summed E-state index contributed by atoms with van der Waals surface area (Å²) in [6.07, 6.45) is 1.03. The molecule has 106 valence electrons. The summed E-state index contributed by atoms with van der Waals surface area (Å²) in [6, 6.07) is 18.9. The van der Waals surface area contributed by atoms with Crippen molar-refractivity contribution in [3.8, 4) is 0 Å². The van der Waals surface area contributed by atoms with Crippen LogP contribution in [0.5, 0.6) is 0 Å². The Kier molecular flexibility index (Phi) is 3.12. The van der Waals surface area contributed by atoms with Gasteiger partial charge in [0, 0.05) is 29.4 Å². The summed E-state index contributed by atoms with van der Waals surface area (Å²) >= 11 is 0. The smallest absolute Gasteiger partial charge is 0.167 e. The van der Waals surface area contributed by atoms with Crippen molar-refractivity contribution >= 4 is 5.78 Å². The van der Waals surface area contributed by atoms with Crippen LogP contribution in [0.2, 0.25) is 0 Å². The summed E-state index contributed by atoms with van der Waals surface area (Å²) < 4.78 is 0. The maximum atomic E-state index is 12.5. The van der Waals surface area contributed by atoms with Crippen LogP contribution in [0.3, 0.4) is 0 Å². The molecule has 0 radical (unpaired) electrons. The number of nitrogens with one attached hydrogen (secondary N) is 1. The van der Waals surface area contributed by atoms with Crippen LogP contribution >= 0.6 is 0 Å². The number of piperidine rings is 1. The average Bonchev–Trinajstić information content (AvgIpc) is 2.82. The molecule has 0 saturated carbocycles. The van der Waals surface area contributed by atoms with Gasteiger partial charge in [0.05, 0.1) is 13.1 Å². The Morgan fingerprint density at radius 2 is 1.71 bits per heavy atom. The molecule has 4 rings (SSSR count). The molecule has 2 aliphatic rings. The molecular formula is C19H20NO+. The number of Topliss-reactive ketones (excluding diaryl/α,β-unsaturated/α-hetero) is 1. The quantitative estimate of drug-likeness (QED) is 0.892. The fourth-order valence-corrected chi connectivity index (χ4v) is 4.05. The van der Waals surface area contributed by atoms with Crippen molar-refractivity contribution in [1.29, 1.82) is 0 Å². The predicted octanol–water partition coefficient (Wildman–Crippen LogP) is 2.07. The summed E-state index contributed by atoms with van der Waals surface area (Å²) in [6.45, 7) is 3.26. The van der Waals surface area contributed by atoms with Crippen LogP contribution in [0.15, 0.2) is 54.6 Å². The minimum absolute atomic E-state index is 0.238. The first-order valence-corrected chi connectivity index (χ1v) is 7.83. The van der Waals surface area contributed by atoms with E-state index in [1.807, 2.05) is 12.1 Å². The van der Waals surface area contributed by atoms with E-state index in [9.17, 15) is 4.79 Å². The fourth-order valence-electron chi connectivity index (χ4n) is 4.05. The van der Waals surface area contributed by atoms with Gasteiger partial charge in [-0.05, 0) is 5.56 Å². The topological polar surface area (TPSA) is 21.5 Å². The minimum atomic E-state index is 0.238. The Bertz CT molecular complexity index is 664. The summed E-state index contributed by atoms with van der Waals surface area (Å²) in [7, 11) is 0. The molecule has 21 heavy (non-hydrogen) atoms.